The maximum atomic E-state index is 12.7. The Morgan fingerprint density at radius 2 is 1.07 bits per heavy atom. The molecule has 8 heteroatoms. The third-order valence-electron chi connectivity index (χ3n) is 1.60. The Bertz CT molecular complexity index is 190. The van der Waals surface area contributed by atoms with E-state index in [1.54, 1.807) is 0 Å². The van der Waals surface area contributed by atoms with Crippen molar-refractivity contribution in [2.45, 2.75) is 37.3 Å². The lowest BCUT2D eigenvalue weighted by molar-refractivity contribution is -0.438. The molecule has 0 unspecified atom stereocenters. The predicted octanol–water partition coefficient (Wildman–Crippen LogP) is 0.636. The van der Waals surface area contributed by atoms with Gasteiger partial charge in [-0.15, -0.1) is 0 Å². The van der Waals surface area contributed by atoms with Crippen molar-refractivity contribution in [2.24, 2.45) is 0 Å². The van der Waals surface area contributed by atoms with Crippen LogP contribution < -0.4 is 0 Å². The lowest BCUT2D eigenvalue weighted by Gasteiger charge is -2.38. The van der Waals surface area contributed by atoms with E-state index in [0.29, 0.717) is 13.8 Å². The van der Waals surface area contributed by atoms with Crippen molar-refractivity contribution < 1.29 is 37.3 Å². The van der Waals surface area contributed by atoms with Crippen LogP contribution in [0.4, 0.5) is 22.0 Å². The molecule has 86 valence electrons. The van der Waals surface area contributed by atoms with Crippen LogP contribution in [-0.2, 0) is 0 Å². The maximum absolute atomic E-state index is 12.7. The van der Waals surface area contributed by atoms with Crippen LogP contribution in [0.5, 0.6) is 0 Å². The SMILES string of the molecule is CC(C)(O)C(F)(F)C(O)(O)C(F)(F)F. The van der Waals surface area contributed by atoms with Gasteiger partial charge in [-0.05, 0) is 13.8 Å². The Labute approximate surface area is 75.8 Å². The monoisotopic (exact) mass is 224 g/mol. The van der Waals surface area contributed by atoms with Gasteiger partial charge in [0.05, 0.1) is 0 Å². The Kier molecular flexibility index (Phi) is 2.91. The average molecular weight is 224 g/mol. The molecule has 3 nitrogen and oxygen atoms in total. The molecule has 0 spiro atoms. The van der Waals surface area contributed by atoms with Gasteiger partial charge in [0, 0.05) is 0 Å². The molecule has 0 aliphatic carbocycles. The van der Waals surface area contributed by atoms with E-state index in [1.807, 2.05) is 0 Å². The summed E-state index contributed by atoms with van der Waals surface area (Å²) in [7, 11) is 0. The van der Waals surface area contributed by atoms with Crippen molar-refractivity contribution in [3.05, 3.63) is 0 Å². The number of hydrogen-bond acceptors (Lipinski definition) is 3. The van der Waals surface area contributed by atoms with Gasteiger partial charge in [-0.25, -0.2) is 0 Å². The first-order valence-electron chi connectivity index (χ1n) is 3.37. The molecule has 0 fully saturated rings. The first-order chi connectivity index (χ1) is 5.75. The Hall–Kier alpha value is -0.470. The van der Waals surface area contributed by atoms with E-state index in [4.69, 9.17) is 15.3 Å². The standard InChI is InChI=1S/C6H9F5O3/c1-3(2,12)4(7,8)5(13,14)6(9,10)11/h12-14H,1-2H3. The van der Waals surface area contributed by atoms with Crippen LogP contribution in [0.25, 0.3) is 0 Å². The molecule has 0 rings (SSSR count). The summed E-state index contributed by atoms with van der Waals surface area (Å²) in [5.74, 6) is -10.4. The summed E-state index contributed by atoms with van der Waals surface area (Å²) >= 11 is 0. The fourth-order valence-electron chi connectivity index (χ4n) is 0.605. The van der Waals surface area contributed by atoms with Crippen molar-refractivity contribution in [1.82, 2.24) is 0 Å². The van der Waals surface area contributed by atoms with Crippen molar-refractivity contribution in [2.75, 3.05) is 0 Å². The molecular formula is C6H9F5O3. The van der Waals surface area contributed by atoms with E-state index in [2.05, 4.69) is 0 Å². The number of rotatable bonds is 2. The molecule has 14 heavy (non-hydrogen) atoms. The second-order valence-corrected chi connectivity index (χ2v) is 3.30. The molecule has 0 aromatic carbocycles. The van der Waals surface area contributed by atoms with Gasteiger partial charge >= 0.3 is 17.9 Å². The van der Waals surface area contributed by atoms with Crippen molar-refractivity contribution in [3.63, 3.8) is 0 Å². The van der Waals surface area contributed by atoms with E-state index < -0.39 is 23.5 Å². The van der Waals surface area contributed by atoms with Gasteiger partial charge in [0.1, 0.15) is 5.60 Å². The summed E-state index contributed by atoms with van der Waals surface area (Å²) in [6.07, 6.45) is -5.96. The minimum absolute atomic E-state index is 0.333. The van der Waals surface area contributed by atoms with E-state index >= 15 is 0 Å². The van der Waals surface area contributed by atoms with Crippen molar-refractivity contribution in [3.8, 4) is 0 Å². The highest BCUT2D eigenvalue weighted by Gasteiger charge is 2.73. The molecule has 0 aliphatic rings. The van der Waals surface area contributed by atoms with E-state index in [-0.39, 0.29) is 0 Å². The van der Waals surface area contributed by atoms with Crippen LogP contribution in [0.2, 0.25) is 0 Å². The molecule has 0 aromatic heterocycles. The van der Waals surface area contributed by atoms with Crippen LogP contribution in [0.15, 0.2) is 0 Å². The third-order valence-corrected chi connectivity index (χ3v) is 1.60. The molecule has 0 heterocycles. The zero-order valence-electron chi connectivity index (χ0n) is 7.23. The van der Waals surface area contributed by atoms with E-state index in [0.717, 1.165) is 0 Å². The Morgan fingerprint density at radius 1 is 0.786 bits per heavy atom. The molecule has 0 atom stereocenters. The highest BCUT2D eigenvalue weighted by Crippen LogP contribution is 2.45. The zero-order valence-corrected chi connectivity index (χ0v) is 7.23. The topological polar surface area (TPSA) is 60.7 Å². The summed E-state index contributed by atoms with van der Waals surface area (Å²) in [4.78, 5) is 0. The van der Waals surface area contributed by atoms with Crippen molar-refractivity contribution in [1.29, 1.82) is 0 Å². The highest BCUT2D eigenvalue weighted by molar-refractivity contribution is 4.99. The minimum atomic E-state index is -5.96. The Morgan fingerprint density at radius 3 is 1.14 bits per heavy atom. The van der Waals surface area contributed by atoms with Crippen LogP contribution in [0.3, 0.4) is 0 Å². The lowest BCUT2D eigenvalue weighted by Crippen LogP contribution is -2.66. The lowest BCUT2D eigenvalue weighted by atomic mass is 9.92. The number of alkyl halides is 5. The Balaban J connectivity index is 5.30. The minimum Gasteiger partial charge on any atom is -0.384 e. The molecule has 0 bridgehead atoms. The first-order valence-corrected chi connectivity index (χ1v) is 3.37. The van der Waals surface area contributed by atoms with Gasteiger partial charge in [-0.1, -0.05) is 0 Å². The fourth-order valence-corrected chi connectivity index (χ4v) is 0.605. The highest BCUT2D eigenvalue weighted by atomic mass is 19.4. The van der Waals surface area contributed by atoms with Crippen LogP contribution in [0.1, 0.15) is 13.8 Å². The van der Waals surface area contributed by atoms with E-state index in [9.17, 15) is 22.0 Å². The molecule has 3 N–H and O–H groups in total. The molecule has 0 amide bonds. The summed E-state index contributed by atoms with van der Waals surface area (Å²) < 4.78 is 60.8. The van der Waals surface area contributed by atoms with Crippen LogP contribution >= 0.6 is 0 Å². The quantitative estimate of drug-likeness (QED) is 0.476. The van der Waals surface area contributed by atoms with Gasteiger partial charge in [-0.3, -0.25) is 0 Å². The third kappa shape index (κ3) is 1.82. The van der Waals surface area contributed by atoms with Crippen LogP contribution in [-0.4, -0.2) is 38.8 Å². The number of hydrogen-bond donors (Lipinski definition) is 3. The summed E-state index contributed by atoms with van der Waals surface area (Å²) in [6.45, 7) is 0.667. The molecule has 0 aromatic rings. The van der Waals surface area contributed by atoms with Gasteiger partial charge < -0.3 is 15.3 Å². The van der Waals surface area contributed by atoms with Gasteiger partial charge in [0.2, 0.25) is 0 Å². The van der Waals surface area contributed by atoms with Gasteiger partial charge in [0.25, 0.3) is 0 Å². The molecule has 0 saturated carbocycles. The normalized spacial score (nSPS) is 15.9. The van der Waals surface area contributed by atoms with Gasteiger partial charge in [0.15, 0.2) is 0 Å². The van der Waals surface area contributed by atoms with E-state index in [1.165, 1.54) is 0 Å². The largest absolute Gasteiger partial charge is 0.449 e. The zero-order chi connectivity index (χ0) is 12.0. The fraction of sp³-hybridized carbons (Fsp3) is 1.00. The molecule has 0 saturated heterocycles. The van der Waals surface area contributed by atoms with Crippen LogP contribution in [0, 0.1) is 0 Å². The summed E-state index contributed by atoms with van der Waals surface area (Å²) in [6, 6.07) is 0. The summed E-state index contributed by atoms with van der Waals surface area (Å²) in [5.41, 5.74) is -3.22. The second-order valence-electron chi connectivity index (χ2n) is 3.30. The van der Waals surface area contributed by atoms with Crippen molar-refractivity contribution >= 4 is 0 Å². The number of halogens is 5. The molecular weight excluding hydrogens is 215 g/mol. The molecule has 0 aliphatic heterocycles. The predicted molar refractivity (Wildman–Crippen MR) is 34.5 cm³/mol. The first kappa shape index (κ1) is 13.5. The second kappa shape index (κ2) is 3.01. The van der Waals surface area contributed by atoms with Gasteiger partial charge in [-0.2, -0.15) is 22.0 Å². The number of aliphatic hydroxyl groups is 3. The summed E-state index contributed by atoms with van der Waals surface area (Å²) in [5, 5.41) is 25.1. The average Bonchev–Trinajstić information content (AvgIpc) is 1.81. The maximum Gasteiger partial charge on any atom is 0.449 e. The smallest absolute Gasteiger partial charge is 0.384 e. The molecule has 0 radical (unpaired) electrons.